The first-order chi connectivity index (χ1) is 8.70. The standard InChI is InChI=1S/C14H18INO2/c1-2-13-11(7-8-18-13)9-16-14(17)10-3-5-12(15)6-4-10/h3-6,11,13H,2,7-9H2,1H3,(H,16,17). The third-order valence-electron chi connectivity index (χ3n) is 3.38. The van der Waals surface area contributed by atoms with Crippen LogP contribution in [0.25, 0.3) is 0 Å². The summed E-state index contributed by atoms with van der Waals surface area (Å²) in [7, 11) is 0. The van der Waals surface area contributed by atoms with Gasteiger partial charge in [0.15, 0.2) is 0 Å². The van der Waals surface area contributed by atoms with Gasteiger partial charge in [-0.25, -0.2) is 0 Å². The zero-order valence-electron chi connectivity index (χ0n) is 10.5. The maximum absolute atomic E-state index is 12.0. The molecule has 1 aliphatic heterocycles. The molecule has 1 fully saturated rings. The molecule has 2 unspecified atom stereocenters. The van der Waals surface area contributed by atoms with Gasteiger partial charge >= 0.3 is 0 Å². The van der Waals surface area contributed by atoms with Gasteiger partial charge < -0.3 is 10.1 Å². The Kier molecular flexibility index (Phi) is 5.00. The van der Waals surface area contributed by atoms with E-state index in [9.17, 15) is 4.79 Å². The molecule has 1 saturated heterocycles. The van der Waals surface area contributed by atoms with E-state index >= 15 is 0 Å². The summed E-state index contributed by atoms with van der Waals surface area (Å²) in [6, 6.07) is 7.62. The first-order valence-corrected chi connectivity index (χ1v) is 7.44. The zero-order valence-corrected chi connectivity index (χ0v) is 12.6. The topological polar surface area (TPSA) is 38.3 Å². The molecular formula is C14H18INO2. The Bertz CT molecular complexity index is 405. The summed E-state index contributed by atoms with van der Waals surface area (Å²) >= 11 is 2.23. The summed E-state index contributed by atoms with van der Waals surface area (Å²) in [5, 5.41) is 3.00. The van der Waals surface area contributed by atoms with Crippen molar-refractivity contribution in [3.8, 4) is 0 Å². The van der Waals surface area contributed by atoms with Crippen LogP contribution < -0.4 is 5.32 Å². The van der Waals surface area contributed by atoms with Crippen LogP contribution in [-0.2, 0) is 4.74 Å². The number of rotatable bonds is 4. The number of hydrogen-bond acceptors (Lipinski definition) is 2. The molecule has 0 aromatic heterocycles. The highest BCUT2D eigenvalue weighted by molar-refractivity contribution is 14.1. The Morgan fingerprint density at radius 2 is 2.17 bits per heavy atom. The molecule has 1 heterocycles. The molecule has 4 heteroatoms. The molecule has 1 amide bonds. The van der Waals surface area contributed by atoms with Crippen molar-refractivity contribution in [2.75, 3.05) is 13.2 Å². The molecule has 0 radical (unpaired) electrons. The van der Waals surface area contributed by atoms with E-state index < -0.39 is 0 Å². The van der Waals surface area contributed by atoms with Crippen molar-refractivity contribution in [1.82, 2.24) is 5.32 Å². The van der Waals surface area contributed by atoms with Crippen molar-refractivity contribution in [3.05, 3.63) is 33.4 Å². The molecule has 0 aliphatic carbocycles. The Labute approximate surface area is 121 Å². The van der Waals surface area contributed by atoms with E-state index in [4.69, 9.17) is 4.74 Å². The second-order valence-electron chi connectivity index (χ2n) is 4.58. The summed E-state index contributed by atoms with van der Waals surface area (Å²) in [6.07, 6.45) is 2.37. The van der Waals surface area contributed by atoms with Gasteiger partial charge in [0.05, 0.1) is 6.10 Å². The Hall–Kier alpha value is -0.620. The van der Waals surface area contributed by atoms with Crippen molar-refractivity contribution >= 4 is 28.5 Å². The van der Waals surface area contributed by atoms with Gasteiger partial charge in [-0.05, 0) is 59.7 Å². The van der Waals surface area contributed by atoms with Gasteiger partial charge in [-0.15, -0.1) is 0 Å². The lowest BCUT2D eigenvalue weighted by Crippen LogP contribution is -2.32. The van der Waals surface area contributed by atoms with Gasteiger partial charge in [0.1, 0.15) is 0 Å². The molecule has 0 spiro atoms. The maximum Gasteiger partial charge on any atom is 0.251 e. The number of halogens is 1. The van der Waals surface area contributed by atoms with Crippen LogP contribution in [0.2, 0.25) is 0 Å². The van der Waals surface area contributed by atoms with E-state index in [1.54, 1.807) is 0 Å². The van der Waals surface area contributed by atoms with E-state index in [2.05, 4.69) is 34.8 Å². The molecule has 1 aromatic rings. The molecular weight excluding hydrogens is 341 g/mol. The number of carbonyl (C=O) groups excluding carboxylic acids is 1. The van der Waals surface area contributed by atoms with Crippen molar-refractivity contribution in [1.29, 1.82) is 0 Å². The minimum Gasteiger partial charge on any atom is -0.378 e. The van der Waals surface area contributed by atoms with Gasteiger partial charge in [-0.2, -0.15) is 0 Å². The predicted molar refractivity (Wildman–Crippen MR) is 79.6 cm³/mol. The van der Waals surface area contributed by atoms with Crippen LogP contribution in [0.3, 0.4) is 0 Å². The summed E-state index contributed by atoms with van der Waals surface area (Å²) in [6.45, 7) is 3.66. The minimum atomic E-state index is 0.00755. The van der Waals surface area contributed by atoms with Crippen LogP contribution >= 0.6 is 22.6 Å². The van der Waals surface area contributed by atoms with Crippen molar-refractivity contribution in [2.24, 2.45) is 5.92 Å². The average molecular weight is 359 g/mol. The number of hydrogen-bond donors (Lipinski definition) is 1. The summed E-state index contributed by atoms with van der Waals surface area (Å²) in [4.78, 5) is 12.0. The third kappa shape index (κ3) is 3.45. The third-order valence-corrected chi connectivity index (χ3v) is 4.10. The molecule has 1 N–H and O–H groups in total. The number of nitrogens with one attached hydrogen (secondary N) is 1. The predicted octanol–water partition coefficient (Wildman–Crippen LogP) is 2.84. The molecule has 1 aliphatic rings. The first-order valence-electron chi connectivity index (χ1n) is 6.36. The smallest absolute Gasteiger partial charge is 0.251 e. The fraction of sp³-hybridized carbons (Fsp3) is 0.500. The fourth-order valence-electron chi connectivity index (χ4n) is 2.30. The van der Waals surface area contributed by atoms with Gasteiger partial charge in [0, 0.05) is 28.2 Å². The van der Waals surface area contributed by atoms with Gasteiger partial charge in [-0.1, -0.05) is 6.92 Å². The normalized spacial score (nSPS) is 23.0. The SMILES string of the molecule is CCC1OCCC1CNC(=O)c1ccc(I)cc1. The molecule has 0 saturated carbocycles. The quantitative estimate of drug-likeness (QED) is 0.840. The summed E-state index contributed by atoms with van der Waals surface area (Å²) in [5.74, 6) is 0.468. The highest BCUT2D eigenvalue weighted by atomic mass is 127. The lowest BCUT2D eigenvalue weighted by molar-refractivity contribution is 0.0827. The largest absolute Gasteiger partial charge is 0.378 e. The molecule has 0 bridgehead atoms. The van der Waals surface area contributed by atoms with Gasteiger partial charge in [0.25, 0.3) is 5.91 Å². The van der Waals surface area contributed by atoms with E-state index in [-0.39, 0.29) is 5.91 Å². The summed E-state index contributed by atoms with van der Waals surface area (Å²) < 4.78 is 6.75. The van der Waals surface area contributed by atoms with Crippen molar-refractivity contribution < 1.29 is 9.53 Å². The number of carbonyl (C=O) groups is 1. The zero-order chi connectivity index (χ0) is 13.0. The lowest BCUT2D eigenvalue weighted by atomic mass is 9.99. The fourth-order valence-corrected chi connectivity index (χ4v) is 2.66. The van der Waals surface area contributed by atoms with E-state index in [1.165, 1.54) is 0 Å². The summed E-state index contributed by atoms with van der Waals surface area (Å²) in [5.41, 5.74) is 0.724. The molecule has 3 nitrogen and oxygen atoms in total. The monoisotopic (exact) mass is 359 g/mol. The highest BCUT2D eigenvalue weighted by Crippen LogP contribution is 2.22. The van der Waals surface area contributed by atoms with Crippen LogP contribution in [-0.4, -0.2) is 25.2 Å². The van der Waals surface area contributed by atoms with E-state index in [0.29, 0.717) is 18.6 Å². The van der Waals surface area contributed by atoms with Crippen LogP contribution in [0, 0.1) is 9.49 Å². The van der Waals surface area contributed by atoms with E-state index in [0.717, 1.165) is 28.6 Å². The molecule has 1 aromatic carbocycles. The molecule has 18 heavy (non-hydrogen) atoms. The van der Waals surface area contributed by atoms with Crippen molar-refractivity contribution in [3.63, 3.8) is 0 Å². The second-order valence-corrected chi connectivity index (χ2v) is 5.83. The van der Waals surface area contributed by atoms with Crippen LogP contribution in [0.4, 0.5) is 0 Å². The highest BCUT2D eigenvalue weighted by Gasteiger charge is 2.26. The van der Waals surface area contributed by atoms with Crippen LogP contribution in [0.1, 0.15) is 30.1 Å². The van der Waals surface area contributed by atoms with E-state index in [1.807, 2.05) is 24.3 Å². The number of amides is 1. The first kappa shape index (κ1) is 13.8. The number of benzene rings is 1. The number of ether oxygens (including phenoxy) is 1. The Balaban J connectivity index is 1.86. The van der Waals surface area contributed by atoms with Crippen molar-refractivity contribution in [2.45, 2.75) is 25.9 Å². The van der Waals surface area contributed by atoms with Crippen LogP contribution in [0.5, 0.6) is 0 Å². The Morgan fingerprint density at radius 3 is 2.83 bits per heavy atom. The van der Waals surface area contributed by atoms with Gasteiger partial charge in [-0.3, -0.25) is 4.79 Å². The maximum atomic E-state index is 12.0. The van der Waals surface area contributed by atoms with Crippen LogP contribution in [0.15, 0.2) is 24.3 Å². The van der Waals surface area contributed by atoms with Gasteiger partial charge in [0.2, 0.25) is 0 Å². The average Bonchev–Trinajstić information content (AvgIpc) is 2.84. The molecule has 2 atom stereocenters. The Morgan fingerprint density at radius 1 is 1.44 bits per heavy atom. The lowest BCUT2D eigenvalue weighted by Gasteiger charge is -2.17. The minimum absolute atomic E-state index is 0.00755. The second kappa shape index (κ2) is 6.52. The molecule has 98 valence electrons. The molecule has 2 rings (SSSR count).